The van der Waals surface area contributed by atoms with E-state index in [-0.39, 0.29) is 13.2 Å². The fourth-order valence-corrected chi connectivity index (χ4v) is 3.69. The fourth-order valence-electron chi connectivity index (χ4n) is 3.12. The molecule has 216 valence electrons. The summed E-state index contributed by atoms with van der Waals surface area (Å²) in [6.45, 7) is 14.6. The van der Waals surface area contributed by atoms with E-state index in [1.165, 1.54) is 17.4 Å². The van der Waals surface area contributed by atoms with E-state index >= 15 is 0 Å². The van der Waals surface area contributed by atoms with E-state index in [2.05, 4.69) is 18.1 Å². The van der Waals surface area contributed by atoms with E-state index < -0.39 is 42.3 Å². The Labute approximate surface area is 234 Å². The monoisotopic (exact) mass is 565 g/mol. The van der Waals surface area contributed by atoms with Crippen molar-refractivity contribution in [3.8, 4) is 0 Å². The molecule has 39 heavy (non-hydrogen) atoms. The second-order valence-corrected chi connectivity index (χ2v) is 9.55. The summed E-state index contributed by atoms with van der Waals surface area (Å²) in [5.41, 5.74) is 1.62. The van der Waals surface area contributed by atoms with Gasteiger partial charge in [0.1, 0.15) is 31.2 Å². The molecule has 0 saturated heterocycles. The van der Waals surface area contributed by atoms with Gasteiger partial charge in [0.15, 0.2) is 0 Å². The molecule has 0 spiro atoms. The van der Waals surface area contributed by atoms with Crippen molar-refractivity contribution in [2.24, 2.45) is 0 Å². The highest BCUT2D eigenvalue weighted by Gasteiger charge is 2.21. The summed E-state index contributed by atoms with van der Waals surface area (Å²) >= 11 is 1.53. The molecule has 1 aromatic heterocycles. The van der Waals surface area contributed by atoms with Crippen LogP contribution in [0.4, 0.5) is 0 Å². The molecule has 0 aliphatic rings. The normalized spacial score (nSPS) is 14.7. The van der Waals surface area contributed by atoms with Crippen LogP contribution in [0.5, 0.6) is 0 Å². The molecule has 0 N–H and O–H groups in total. The predicted octanol–water partition coefficient (Wildman–Crippen LogP) is 4.34. The zero-order valence-electron chi connectivity index (χ0n) is 23.3. The SMILES string of the molecule is C=CC[C@@H](OC(=O)C[C@H](C)OC(=O)/C=C/[C@@H](OCOCCOC)[C@H](C)OC(=O)C=C)/C(C)=C/c1csc(C)n1. The zero-order chi connectivity index (χ0) is 29.2. The second kappa shape index (κ2) is 19.0. The second-order valence-electron chi connectivity index (χ2n) is 8.49. The first-order valence-electron chi connectivity index (χ1n) is 12.4. The number of aromatic nitrogens is 1. The first-order valence-corrected chi connectivity index (χ1v) is 13.3. The van der Waals surface area contributed by atoms with E-state index in [1.807, 2.05) is 25.3 Å². The highest BCUT2D eigenvalue weighted by atomic mass is 32.1. The summed E-state index contributed by atoms with van der Waals surface area (Å²) < 4.78 is 31.9. The summed E-state index contributed by atoms with van der Waals surface area (Å²) in [5, 5.41) is 2.87. The van der Waals surface area contributed by atoms with Crippen molar-refractivity contribution in [2.45, 2.75) is 65.0 Å². The Morgan fingerprint density at radius 2 is 1.85 bits per heavy atom. The summed E-state index contributed by atoms with van der Waals surface area (Å²) in [4.78, 5) is 40.9. The molecule has 0 amide bonds. The molecular weight excluding hydrogens is 526 g/mol. The van der Waals surface area contributed by atoms with Gasteiger partial charge in [-0.3, -0.25) is 4.79 Å². The lowest BCUT2D eigenvalue weighted by Crippen LogP contribution is -2.30. The van der Waals surface area contributed by atoms with Gasteiger partial charge in [-0.2, -0.15) is 0 Å². The molecule has 10 nitrogen and oxygen atoms in total. The summed E-state index contributed by atoms with van der Waals surface area (Å²) in [6.07, 6.45) is 4.57. The minimum Gasteiger partial charge on any atom is -0.459 e. The van der Waals surface area contributed by atoms with Crippen LogP contribution in [-0.2, 0) is 42.8 Å². The van der Waals surface area contributed by atoms with Gasteiger partial charge in [-0.25, -0.2) is 14.6 Å². The van der Waals surface area contributed by atoms with Gasteiger partial charge in [-0.15, -0.1) is 17.9 Å². The van der Waals surface area contributed by atoms with Gasteiger partial charge in [-0.05, 0) is 45.4 Å². The Morgan fingerprint density at radius 1 is 1.10 bits per heavy atom. The summed E-state index contributed by atoms with van der Waals surface area (Å²) in [6, 6.07) is 0. The van der Waals surface area contributed by atoms with Crippen molar-refractivity contribution >= 4 is 35.3 Å². The number of esters is 3. The van der Waals surface area contributed by atoms with Crippen LogP contribution in [0.15, 0.2) is 48.4 Å². The average Bonchev–Trinajstić information content (AvgIpc) is 3.29. The Morgan fingerprint density at radius 3 is 2.46 bits per heavy atom. The predicted molar refractivity (Wildman–Crippen MR) is 148 cm³/mol. The van der Waals surface area contributed by atoms with E-state index in [0.717, 1.165) is 28.4 Å². The van der Waals surface area contributed by atoms with Gasteiger partial charge in [0.2, 0.25) is 0 Å². The molecule has 1 heterocycles. The fraction of sp³-hybridized carbons (Fsp3) is 0.500. The van der Waals surface area contributed by atoms with Crippen LogP contribution in [0.1, 0.15) is 44.3 Å². The van der Waals surface area contributed by atoms with Crippen LogP contribution in [0, 0.1) is 6.92 Å². The van der Waals surface area contributed by atoms with E-state index in [4.69, 9.17) is 28.4 Å². The van der Waals surface area contributed by atoms with Crippen LogP contribution in [-0.4, -0.2) is 74.4 Å². The van der Waals surface area contributed by atoms with Crippen LogP contribution >= 0.6 is 11.3 Å². The molecule has 4 atom stereocenters. The number of hydrogen-bond acceptors (Lipinski definition) is 11. The lowest BCUT2D eigenvalue weighted by atomic mass is 10.1. The van der Waals surface area contributed by atoms with Gasteiger partial charge >= 0.3 is 17.9 Å². The van der Waals surface area contributed by atoms with Crippen LogP contribution in [0.2, 0.25) is 0 Å². The van der Waals surface area contributed by atoms with Crippen molar-refractivity contribution in [3.63, 3.8) is 0 Å². The van der Waals surface area contributed by atoms with E-state index in [0.29, 0.717) is 19.6 Å². The number of carbonyl (C=O) groups is 3. The number of hydrogen-bond donors (Lipinski definition) is 0. The highest BCUT2D eigenvalue weighted by Crippen LogP contribution is 2.18. The Bertz CT molecular complexity index is 1000. The van der Waals surface area contributed by atoms with Crippen molar-refractivity contribution in [1.29, 1.82) is 0 Å². The van der Waals surface area contributed by atoms with E-state index in [1.54, 1.807) is 27.0 Å². The molecule has 1 rings (SSSR count). The zero-order valence-corrected chi connectivity index (χ0v) is 24.1. The minimum atomic E-state index is -0.805. The highest BCUT2D eigenvalue weighted by molar-refractivity contribution is 7.09. The first kappa shape index (κ1) is 33.9. The maximum absolute atomic E-state index is 12.6. The van der Waals surface area contributed by atoms with Gasteiger partial charge in [-0.1, -0.05) is 12.7 Å². The number of thiazole rings is 1. The van der Waals surface area contributed by atoms with Crippen molar-refractivity contribution in [3.05, 3.63) is 59.1 Å². The molecule has 11 heteroatoms. The average molecular weight is 566 g/mol. The molecule has 0 saturated carbocycles. The summed E-state index contributed by atoms with van der Waals surface area (Å²) in [5.74, 6) is -1.86. The Hall–Kier alpha value is -3.12. The molecule has 1 aromatic rings. The van der Waals surface area contributed by atoms with Gasteiger partial charge in [0.05, 0.1) is 30.3 Å². The topological polar surface area (TPSA) is 119 Å². The number of nitrogens with zero attached hydrogens (tertiary/aromatic N) is 1. The maximum atomic E-state index is 12.6. The van der Waals surface area contributed by atoms with Crippen molar-refractivity contribution < 1.29 is 42.8 Å². The molecule has 0 aliphatic carbocycles. The number of methoxy groups -OCH3 is 1. The molecule has 0 bridgehead atoms. The van der Waals surface area contributed by atoms with Crippen molar-refractivity contribution in [2.75, 3.05) is 27.1 Å². The Balaban J connectivity index is 2.69. The molecule has 0 fully saturated rings. The first-order chi connectivity index (χ1) is 18.6. The van der Waals surface area contributed by atoms with Crippen LogP contribution in [0.25, 0.3) is 6.08 Å². The standard InChI is InChI=1S/C28H39NO9S/c1-8-10-24(19(3)15-23-17-39-22(6)29-23)38-28(32)16-20(4)36-27(31)12-11-25(21(5)37-26(30)9-2)35-18-34-14-13-33-7/h8-9,11-12,15,17,20-21,24-25H,1-2,10,13-14,16,18H2,3-7H3/b12-11+,19-15+/t20-,21-,24+,25+/m0/s1. The number of carbonyl (C=O) groups excluding carboxylic acids is 3. The number of rotatable bonds is 19. The largest absolute Gasteiger partial charge is 0.459 e. The quantitative estimate of drug-likeness (QED) is 0.0598. The number of aryl methyl sites for hydroxylation is 1. The van der Waals surface area contributed by atoms with Crippen LogP contribution in [0.3, 0.4) is 0 Å². The van der Waals surface area contributed by atoms with Gasteiger partial charge in [0, 0.05) is 31.1 Å². The minimum absolute atomic E-state index is 0.118. The molecule has 0 radical (unpaired) electrons. The number of ether oxygens (including phenoxy) is 6. The third kappa shape index (κ3) is 14.6. The third-order valence-electron chi connectivity index (χ3n) is 5.08. The molecular formula is C28H39NO9S. The molecule has 0 aromatic carbocycles. The lowest BCUT2D eigenvalue weighted by molar-refractivity contribution is -0.155. The molecule has 0 aliphatic heterocycles. The van der Waals surface area contributed by atoms with E-state index in [9.17, 15) is 14.4 Å². The van der Waals surface area contributed by atoms with Crippen LogP contribution < -0.4 is 0 Å². The molecule has 0 unspecified atom stereocenters. The van der Waals surface area contributed by atoms with Crippen molar-refractivity contribution in [1.82, 2.24) is 4.98 Å². The lowest BCUT2D eigenvalue weighted by Gasteiger charge is -2.21. The summed E-state index contributed by atoms with van der Waals surface area (Å²) in [7, 11) is 1.54. The maximum Gasteiger partial charge on any atom is 0.330 e. The Kier molecular flexibility index (Phi) is 16.5. The van der Waals surface area contributed by atoms with Gasteiger partial charge in [0.25, 0.3) is 0 Å². The smallest absolute Gasteiger partial charge is 0.330 e. The van der Waals surface area contributed by atoms with Gasteiger partial charge < -0.3 is 28.4 Å². The third-order valence-corrected chi connectivity index (χ3v) is 5.87.